The van der Waals surface area contributed by atoms with E-state index in [0.29, 0.717) is 5.56 Å². The lowest BCUT2D eigenvalue weighted by Gasteiger charge is -2.07. The van der Waals surface area contributed by atoms with Gasteiger partial charge in [-0.05, 0) is 5.92 Å². The minimum absolute atomic E-state index is 0.00208. The first-order chi connectivity index (χ1) is 7.61. The maximum atomic E-state index is 12.6. The van der Waals surface area contributed by atoms with Crippen molar-refractivity contribution in [3.05, 3.63) is 35.4 Å². The van der Waals surface area contributed by atoms with Gasteiger partial charge in [0.05, 0.1) is 0 Å². The molecule has 0 aliphatic carbocycles. The summed E-state index contributed by atoms with van der Waals surface area (Å²) in [6, 6.07) is 6.31. The van der Waals surface area contributed by atoms with Crippen molar-refractivity contribution in [3.63, 3.8) is 0 Å². The minimum atomic E-state index is -2.48. The van der Waals surface area contributed by atoms with E-state index in [-0.39, 0.29) is 18.1 Å². The average molecular weight is 227 g/mol. The van der Waals surface area contributed by atoms with E-state index in [2.05, 4.69) is 5.16 Å². The van der Waals surface area contributed by atoms with Gasteiger partial charge in [-0.25, -0.2) is 8.78 Å². The third kappa shape index (κ3) is 3.96. The lowest BCUT2D eigenvalue weighted by atomic mass is 10.1. The fraction of sp³-hybridized carbons (Fsp3) is 0.417. The largest absolute Gasteiger partial charge is 0.391 e. The second-order valence-corrected chi connectivity index (χ2v) is 3.77. The molecule has 0 amide bonds. The Hall–Kier alpha value is -1.45. The second-order valence-electron chi connectivity index (χ2n) is 3.77. The highest BCUT2D eigenvalue weighted by molar-refractivity contribution is 5.58. The van der Waals surface area contributed by atoms with E-state index in [9.17, 15) is 8.78 Å². The summed E-state index contributed by atoms with van der Waals surface area (Å²) in [7, 11) is 0. The van der Waals surface area contributed by atoms with Crippen LogP contribution in [0.3, 0.4) is 0 Å². The zero-order chi connectivity index (χ0) is 12.0. The summed E-state index contributed by atoms with van der Waals surface area (Å²) in [5.74, 6) is 0.283. The molecule has 1 aromatic carbocycles. The quantitative estimate of drug-likeness (QED) is 0.554. The van der Waals surface area contributed by atoms with Crippen molar-refractivity contribution >= 4 is 6.21 Å². The van der Waals surface area contributed by atoms with E-state index >= 15 is 0 Å². The molecule has 0 N–H and O–H groups in total. The van der Waals surface area contributed by atoms with Crippen molar-refractivity contribution in [2.45, 2.75) is 26.9 Å². The predicted molar refractivity (Wildman–Crippen MR) is 59.5 cm³/mol. The molecule has 0 aliphatic rings. The molecular formula is C12H15F2NO. The van der Waals surface area contributed by atoms with Crippen LogP contribution in [0.5, 0.6) is 0 Å². The van der Waals surface area contributed by atoms with Crippen LogP contribution in [-0.2, 0) is 11.4 Å². The number of benzene rings is 1. The highest BCUT2D eigenvalue weighted by Gasteiger charge is 2.11. The average Bonchev–Trinajstić information content (AvgIpc) is 2.24. The highest BCUT2D eigenvalue weighted by Crippen LogP contribution is 2.23. The van der Waals surface area contributed by atoms with Gasteiger partial charge in [-0.2, -0.15) is 0 Å². The number of nitrogens with zero attached hydrogens (tertiary/aromatic N) is 1. The van der Waals surface area contributed by atoms with Crippen LogP contribution in [-0.4, -0.2) is 6.21 Å². The topological polar surface area (TPSA) is 21.6 Å². The van der Waals surface area contributed by atoms with Crippen molar-refractivity contribution in [3.8, 4) is 0 Å². The van der Waals surface area contributed by atoms with Gasteiger partial charge in [0.25, 0.3) is 6.43 Å². The molecule has 4 heteroatoms. The van der Waals surface area contributed by atoms with Gasteiger partial charge in [0, 0.05) is 17.3 Å². The molecule has 0 bridgehead atoms. The molecule has 0 radical (unpaired) electrons. The SMILES string of the molecule is CC(C)C=NOCc1ccccc1C(F)F. The lowest BCUT2D eigenvalue weighted by Crippen LogP contribution is -1.96. The number of hydrogen-bond donors (Lipinski definition) is 0. The fourth-order valence-electron chi connectivity index (χ4n) is 1.15. The molecule has 0 aliphatic heterocycles. The third-order valence-corrected chi connectivity index (χ3v) is 1.94. The Bertz CT molecular complexity index is 351. The van der Waals surface area contributed by atoms with Gasteiger partial charge in [0.15, 0.2) is 0 Å². The van der Waals surface area contributed by atoms with E-state index in [1.54, 1.807) is 24.4 Å². The van der Waals surface area contributed by atoms with Crippen molar-refractivity contribution in [2.24, 2.45) is 11.1 Å². The Balaban J connectivity index is 2.60. The van der Waals surface area contributed by atoms with E-state index < -0.39 is 6.43 Å². The van der Waals surface area contributed by atoms with E-state index in [1.807, 2.05) is 13.8 Å². The predicted octanol–water partition coefficient (Wildman–Crippen LogP) is 3.78. The Morgan fingerprint density at radius 2 is 2.00 bits per heavy atom. The maximum absolute atomic E-state index is 12.6. The molecule has 0 heterocycles. The molecule has 2 nitrogen and oxygen atoms in total. The van der Waals surface area contributed by atoms with Crippen molar-refractivity contribution < 1.29 is 13.6 Å². The van der Waals surface area contributed by atoms with Crippen molar-refractivity contribution in [1.82, 2.24) is 0 Å². The van der Waals surface area contributed by atoms with Gasteiger partial charge >= 0.3 is 0 Å². The van der Waals surface area contributed by atoms with Gasteiger partial charge in [0.1, 0.15) is 6.61 Å². The number of rotatable bonds is 5. The van der Waals surface area contributed by atoms with Crippen molar-refractivity contribution in [2.75, 3.05) is 0 Å². The molecular weight excluding hydrogens is 212 g/mol. The van der Waals surface area contributed by atoms with Gasteiger partial charge in [-0.1, -0.05) is 43.3 Å². The van der Waals surface area contributed by atoms with Crippen LogP contribution in [0.25, 0.3) is 0 Å². The zero-order valence-electron chi connectivity index (χ0n) is 9.36. The van der Waals surface area contributed by atoms with E-state index in [1.165, 1.54) is 6.07 Å². The van der Waals surface area contributed by atoms with Crippen LogP contribution in [0.2, 0.25) is 0 Å². The first kappa shape index (κ1) is 12.6. The van der Waals surface area contributed by atoms with Gasteiger partial charge < -0.3 is 4.84 Å². The Kier molecular flexibility index (Phi) is 4.89. The molecule has 0 spiro atoms. The Labute approximate surface area is 93.9 Å². The zero-order valence-corrected chi connectivity index (χ0v) is 9.36. The molecule has 16 heavy (non-hydrogen) atoms. The smallest absolute Gasteiger partial charge is 0.264 e. The molecule has 0 fully saturated rings. The lowest BCUT2D eigenvalue weighted by molar-refractivity contribution is 0.119. The summed E-state index contributed by atoms with van der Waals surface area (Å²) in [5.41, 5.74) is 0.473. The first-order valence-electron chi connectivity index (χ1n) is 5.12. The monoisotopic (exact) mass is 227 g/mol. The van der Waals surface area contributed by atoms with Gasteiger partial charge in [-0.15, -0.1) is 0 Å². The molecule has 1 rings (SSSR count). The fourth-order valence-corrected chi connectivity index (χ4v) is 1.15. The number of alkyl halides is 2. The number of hydrogen-bond acceptors (Lipinski definition) is 2. The number of oxime groups is 1. The summed E-state index contributed by atoms with van der Waals surface area (Å²) < 4.78 is 25.1. The van der Waals surface area contributed by atoms with E-state index in [4.69, 9.17) is 4.84 Å². The summed E-state index contributed by atoms with van der Waals surface area (Å²) in [6.45, 7) is 3.99. The third-order valence-electron chi connectivity index (χ3n) is 1.94. The summed E-state index contributed by atoms with van der Waals surface area (Å²) in [5, 5.41) is 3.70. The summed E-state index contributed by atoms with van der Waals surface area (Å²) in [4.78, 5) is 4.96. The van der Waals surface area contributed by atoms with Gasteiger partial charge in [0.2, 0.25) is 0 Å². The molecule has 0 atom stereocenters. The molecule has 0 aromatic heterocycles. The van der Waals surface area contributed by atoms with Crippen LogP contribution in [0, 0.1) is 5.92 Å². The number of halogens is 2. The molecule has 1 aromatic rings. The second kappa shape index (κ2) is 6.20. The highest BCUT2D eigenvalue weighted by atomic mass is 19.3. The molecule has 88 valence electrons. The molecule has 0 saturated carbocycles. The molecule has 0 saturated heterocycles. The Morgan fingerprint density at radius 1 is 1.31 bits per heavy atom. The van der Waals surface area contributed by atoms with Crippen molar-refractivity contribution in [1.29, 1.82) is 0 Å². The van der Waals surface area contributed by atoms with Crippen LogP contribution in [0.15, 0.2) is 29.4 Å². The standard InChI is InChI=1S/C12H15F2NO/c1-9(2)7-15-16-8-10-5-3-4-6-11(10)12(13)14/h3-7,9,12H,8H2,1-2H3. The normalized spacial score (nSPS) is 11.6. The molecule has 0 unspecified atom stereocenters. The van der Waals surface area contributed by atoms with Crippen LogP contribution >= 0.6 is 0 Å². The summed E-state index contributed by atoms with van der Waals surface area (Å²) in [6.07, 6.45) is -0.848. The van der Waals surface area contributed by atoms with Crippen LogP contribution in [0.4, 0.5) is 8.78 Å². The van der Waals surface area contributed by atoms with Crippen LogP contribution in [0.1, 0.15) is 31.4 Å². The first-order valence-corrected chi connectivity index (χ1v) is 5.12. The maximum Gasteiger partial charge on any atom is 0.264 e. The Morgan fingerprint density at radius 3 is 2.62 bits per heavy atom. The minimum Gasteiger partial charge on any atom is -0.391 e. The summed E-state index contributed by atoms with van der Waals surface area (Å²) >= 11 is 0. The van der Waals surface area contributed by atoms with E-state index in [0.717, 1.165) is 0 Å². The van der Waals surface area contributed by atoms with Crippen LogP contribution < -0.4 is 0 Å². The van der Waals surface area contributed by atoms with Gasteiger partial charge in [-0.3, -0.25) is 0 Å².